The highest BCUT2D eigenvalue weighted by atomic mass is 127. The lowest BCUT2D eigenvalue weighted by Crippen LogP contribution is -2.28. The van der Waals surface area contributed by atoms with Crippen LogP contribution in [0, 0.1) is 23.7 Å². The van der Waals surface area contributed by atoms with E-state index in [1.807, 2.05) is 0 Å². The van der Waals surface area contributed by atoms with Crippen LogP contribution in [0.25, 0.3) is 0 Å². The van der Waals surface area contributed by atoms with E-state index in [0.29, 0.717) is 6.61 Å². The zero-order valence-corrected chi connectivity index (χ0v) is 25.5. The minimum atomic E-state index is -0.520. The first-order valence-electron chi connectivity index (χ1n) is 15.7. The van der Waals surface area contributed by atoms with Gasteiger partial charge in [0.2, 0.25) is 0 Å². The monoisotopic (exact) mass is 606 g/mol. The SMILES string of the molecule is CCCCCCCCOC(I)C(O)COCCCCCCCCC1CC1CC1CC1CCCCC. The number of rotatable bonds is 26. The summed E-state index contributed by atoms with van der Waals surface area (Å²) in [5.74, 6) is 4.42. The van der Waals surface area contributed by atoms with Gasteiger partial charge in [0.1, 0.15) is 10.2 Å². The molecule has 0 aliphatic heterocycles. The second-order valence-corrected chi connectivity index (χ2v) is 13.0. The molecule has 0 spiro atoms. The zero-order chi connectivity index (χ0) is 25.1. The summed E-state index contributed by atoms with van der Waals surface area (Å²) in [4.78, 5) is 0. The molecule has 2 aliphatic rings. The molecule has 0 aromatic carbocycles. The average molecular weight is 607 g/mol. The molecule has 1 N–H and O–H groups in total. The van der Waals surface area contributed by atoms with E-state index in [2.05, 4.69) is 36.4 Å². The van der Waals surface area contributed by atoms with Crippen molar-refractivity contribution in [3.63, 3.8) is 0 Å². The van der Waals surface area contributed by atoms with Gasteiger partial charge in [-0.25, -0.2) is 0 Å². The number of ether oxygens (including phenoxy) is 2. The van der Waals surface area contributed by atoms with Crippen molar-refractivity contribution >= 4 is 22.6 Å². The molecule has 0 amide bonds. The van der Waals surface area contributed by atoms with Crippen LogP contribution in [-0.4, -0.2) is 35.1 Å². The van der Waals surface area contributed by atoms with Crippen molar-refractivity contribution in [3.05, 3.63) is 0 Å². The molecule has 0 radical (unpaired) electrons. The minimum absolute atomic E-state index is 0.161. The van der Waals surface area contributed by atoms with Crippen molar-refractivity contribution in [1.29, 1.82) is 0 Å². The van der Waals surface area contributed by atoms with Crippen molar-refractivity contribution in [1.82, 2.24) is 0 Å². The Morgan fingerprint density at radius 3 is 1.77 bits per heavy atom. The molecule has 2 aliphatic carbocycles. The van der Waals surface area contributed by atoms with Crippen LogP contribution in [0.5, 0.6) is 0 Å². The third kappa shape index (κ3) is 16.2. The van der Waals surface area contributed by atoms with Gasteiger partial charge in [-0.15, -0.1) is 0 Å². The number of unbranched alkanes of at least 4 members (excludes halogenated alkanes) is 12. The highest BCUT2D eigenvalue weighted by molar-refractivity contribution is 14.1. The number of hydrogen-bond acceptors (Lipinski definition) is 3. The molecule has 2 rings (SSSR count). The smallest absolute Gasteiger partial charge is 0.136 e. The molecular formula is C31H59IO3. The highest BCUT2D eigenvalue weighted by Gasteiger charge is 2.44. The first kappa shape index (κ1) is 31.8. The Balaban J connectivity index is 1.28. The van der Waals surface area contributed by atoms with E-state index in [1.54, 1.807) is 19.3 Å². The molecule has 35 heavy (non-hydrogen) atoms. The Hall–Kier alpha value is 0.610. The third-order valence-corrected chi connectivity index (χ3v) is 9.59. The molecular weight excluding hydrogens is 547 g/mol. The summed E-state index contributed by atoms with van der Waals surface area (Å²) < 4.78 is 11.3. The Kier molecular flexibility index (Phi) is 18.7. The van der Waals surface area contributed by atoms with Crippen LogP contribution in [-0.2, 0) is 9.47 Å². The van der Waals surface area contributed by atoms with Gasteiger partial charge in [-0.05, 0) is 78.4 Å². The topological polar surface area (TPSA) is 38.7 Å². The van der Waals surface area contributed by atoms with Crippen LogP contribution in [0.2, 0.25) is 0 Å². The van der Waals surface area contributed by atoms with Gasteiger partial charge >= 0.3 is 0 Å². The van der Waals surface area contributed by atoms with E-state index in [0.717, 1.165) is 49.7 Å². The van der Waals surface area contributed by atoms with Crippen LogP contribution >= 0.6 is 22.6 Å². The van der Waals surface area contributed by atoms with Gasteiger partial charge in [0.15, 0.2) is 0 Å². The summed E-state index contributed by atoms with van der Waals surface area (Å²) in [5, 5.41) is 10.2. The molecule has 0 heterocycles. The molecule has 2 fully saturated rings. The molecule has 0 aromatic rings. The van der Waals surface area contributed by atoms with Crippen LogP contribution < -0.4 is 0 Å². The van der Waals surface area contributed by atoms with E-state index in [9.17, 15) is 5.11 Å². The Bertz CT molecular complexity index is 488. The summed E-state index contributed by atoms with van der Waals surface area (Å²) in [6.45, 7) is 6.47. The fourth-order valence-electron chi connectivity index (χ4n) is 5.74. The van der Waals surface area contributed by atoms with E-state index in [-0.39, 0.29) is 4.11 Å². The van der Waals surface area contributed by atoms with Crippen LogP contribution in [0.1, 0.15) is 142 Å². The molecule has 0 saturated heterocycles. The lowest BCUT2D eigenvalue weighted by atomic mass is 10.0. The van der Waals surface area contributed by atoms with Gasteiger partial charge in [-0.2, -0.15) is 0 Å². The molecule has 4 heteroatoms. The van der Waals surface area contributed by atoms with Gasteiger partial charge in [0.05, 0.1) is 6.61 Å². The van der Waals surface area contributed by atoms with Gasteiger partial charge in [0, 0.05) is 13.2 Å². The summed E-state index contributed by atoms with van der Waals surface area (Å²) in [6, 6.07) is 0. The van der Waals surface area contributed by atoms with Crippen molar-refractivity contribution in [3.8, 4) is 0 Å². The van der Waals surface area contributed by atoms with Crippen molar-refractivity contribution in [2.24, 2.45) is 23.7 Å². The first-order valence-corrected chi connectivity index (χ1v) is 16.9. The van der Waals surface area contributed by atoms with Crippen molar-refractivity contribution < 1.29 is 14.6 Å². The van der Waals surface area contributed by atoms with Gasteiger partial charge in [-0.1, -0.05) is 110 Å². The number of aliphatic hydroxyl groups excluding tert-OH is 1. The van der Waals surface area contributed by atoms with E-state index in [4.69, 9.17) is 9.47 Å². The molecule has 0 aromatic heterocycles. The number of alkyl halides is 1. The van der Waals surface area contributed by atoms with Gasteiger partial charge < -0.3 is 14.6 Å². The molecule has 6 unspecified atom stereocenters. The molecule has 0 bridgehead atoms. The fourth-order valence-corrected chi connectivity index (χ4v) is 6.20. The maximum atomic E-state index is 10.2. The molecule has 3 nitrogen and oxygen atoms in total. The maximum Gasteiger partial charge on any atom is 0.136 e. The predicted molar refractivity (Wildman–Crippen MR) is 158 cm³/mol. The van der Waals surface area contributed by atoms with Gasteiger partial charge in [0.25, 0.3) is 0 Å². The summed E-state index contributed by atoms with van der Waals surface area (Å²) >= 11 is 2.20. The maximum absolute atomic E-state index is 10.2. The van der Waals surface area contributed by atoms with Crippen molar-refractivity contribution in [2.45, 2.75) is 152 Å². The normalized spacial score (nSPS) is 25.0. The standard InChI is InChI=1S/C31H59IO3/c1-3-5-7-8-13-17-21-35-31(32)30(33)25-34-20-16-12-10-9-11-15-19-27-23-29(27)24-28-22-26(28)18-14-6-4-2/h26-31,33H,3-25H2,1-2H3. The van der Waals surface area contributed by atoms with E-state index < -0.39 is 6.10 Å². The van der Waals surface area contributed by atoms with E-state index in [1.165, 1.54) is 96.3 Å². The molecule has 208 valence electrons. The second kappa shape index (κ2) is 20.6. The molecule has 6 atom stereocenters. The lowest BCUT2D eigenvalue weighted by Gasteiger charge is -2.18. The van der Waals surface area contributed by atoms with E-state index >= 15 is 0 Å². The highest BCUT2D eigenvalue weighted by Crippen LogP contribution is 2.54. The Labute approximate surface area is 232 Å². The van der Waals surface area contributed by atoms with Crippen molar-refractivity contribution in [2.75, 3.05) is 19.8 Å². The summed E-state index contributed by atoms with van der Waals surface area (Å²) in [6.07, 6.45) is 27.0. The van der Waals surface area contributed by atoms with Crippen LogP contribution in [0.3, 0.4) is 0 Å². The quantitative estimate of drug-likeness (QED) is 0.0606. The Morgan fingerprint density at radius 2 is 1.14 bits per heavy atom. The average Bonchev–Trinajstić information content (AvgIpc) is 3.78. The summed E-state index contributed by atoms with van der Waals surface area (Å²) in [5.41, 5.74) is 0. The first-order chi connectivity index (χ1) is 17.2. The summed E-state index contributed by atoms with van der Waals surface area (Å²) in [7, 11) is 0. The zero-order valence-electron chi connectivity index (χ0n) is 23.4. The van der Waals surface area contributed by atoms with Gasteiger partial charge in [-0.3, -0.25) is 0 Å². The third-order valence-electron chi connectivity index (χ3n) is 8.40. The fraction of sp³-hybridized carbons (Fsp3) is 1.00. The molecule has 2 saturated carbocycles. The predicted octanol–water partition coefficient (Wildman–Crippen LogP) is 9.48. The Morgan fingerprint density at radius 1 is 0.657 bits per heavy atom. The minimum Gasteiger partial charge on any atom is -0.387 e. The lowest BCUT2D eigenvalue weighted by molar-refractivity contribution is -0.0285. The number of hydrogen-bond donors (Lipinski definition) is 1. The largest absolute Gasteiger partial charge is 0.387 e. The number of aliphatic hydroxyl groups is 1. The second-order valence-electron chi connectivity index (χ2n) is 11.8. The van der Waals surface area contributed by atoms with Crippen LogP contribution in [0.15, 0.2) is 0 Å². The van der Waals surface area contributed by atoms with Crippen LogP contribution in [0.4, 0.5) is 0 Å². The number of halogens is 1.